The van der Waals surface area contributed by atoms with Gasteiger partial charge in [-0.2, -0.15) is 10.2 Å². The van der Waals surface area contributed by atoms with E-state index >= 15 is 0 Å². The van der Waals surface area contributed by atoms with Crippen LogP contribution < -0.4 is 14.9 Å². The lowest BCUT2D eigenvalue weighted by Crippen LogP contribution is -2.19. The van der Waals surface area contributed by atoms with Crippen LogP contribution in [0.3, 0.4) is 0 Å². The lowest BCUT2D eigenvalue weighted by atomic mass is 10.2. The number of rotatable bonds is 5. The molecule has 0 aliphatic heterocycles. The average Bonchev–Trinajstić information content (AvgIpc) is 2.79. The van der Waals surface area contributed by atoms with Crippen LogP contribution in [0.4, 0.5) is 0 Å². The van der Waals surface area contributed by atoms with Crippen LogP contribution in [0.25, 0.3) is 0 Å². The first kappa shape index (κ1) is 16.5. The molecule has 122 valence electrons. The molecule has 0 spiro atoms. The Morgan fingerprint density at radius 3 is 2.52 bits per heavy atom. The Bertz CT molecular complexity index is 750. The van der Waals surface area contributed by atoms with Gasteiger partial charge in [-0.3, -0.25) is 9.48 Å². The molecule has 0 bridgehead atoms. The van der Waals surface area contributed by atoms with Crippen molar-refractivity contribution < 1.29 is 14.3 Å². The zero-order chi connectivity index (χ0) is 17.0. The summed E-state index contributed by atoms with van der Waals surface area (Å²) in [5, 5.41) is 8.20. The summed E-state index contributed by atoms with van der Waals surface area (Å²) in [5.41, 5.74) is 5.30. The van der Waals surface area contributed by atoms with Crippen molar-refractivity contribution in [1.82, 2.24) is 15.2 Å². The van der Waals surface area contributed by atoms with Crippen LogP contribution in [0, 0.1) is 13.8 Å². The summed E-state index contributed by atoms with van der Waals surface area (Å²) in [4.78, 5) is 12.2. The molecular weight excluding hydrogens is 296 g/mol. The maximum absolute atomic E-state index is 12.2. The smallest absolute Gasteiger partial charge is 0.275 e. The fourth-order valence-electron chi connectivity index (χ4n) is 2.26. The third-order valence-corrected chi connectivity index (χ3v) is 3.52. The Labute approximate surface area is 134 Å². The zero-order valence-corrected chi connectivity index (χ0v) is 13.9. The number of hydrogen-bond donors (Lipinski definition) is 1. The first-order valence-corrected chi connectivity index (χ1v) is 7.03. The van der Waals surface area contributed by atoms with Crippen molar-refractivity contribution in [3.05, 3.63) is 40.7 Å². The largest absolute Gasteiger partial charge is 0.493 e. The van der Waals surface area contributed by atoms with E-state index in [1.54, 1.807) is 51.2 Å². The molecule has 0 unspecified atom stereocenters. The van der Waals surface area contributed by atoms with E-state index < -0.39 is 0 Å². The van der Waals surface area contributed by atoms with Crippen molar-refractivity contribution in [2.24, 2.45) is 12.1 Å². The lowest BCUT2D eigenvalue weighted by molar-refractivity contribution is 0.0954. The van der Waals surface area contributed by atoms with Crippen molar-refractivity contribution in [1.29, 1.82) is 0 Å². The summed E-state index contributed by atoms with van der Waals surface area (Å²) in [5.74, 6) is 0.946. The SMILES string of the molecule is COc1ccc(/C=N/NC(=O)c2c(C)nn(C)c2C)cc1OC. The minimum absolute atomic E-state index is 0.287. The molecular formula is C16H20N4O3. The van der Waals surface area contributed by atoms with Crippen molar-refractivity contribution >= 4 is 12.1 Å². The molecule has 1 aromatic carbocycles. The van der Waals surface area contributed by atoms with Gasteiger partial charge in [0.15, 0.2) is 11.5 Å². The fraction of sp³-hybridized carbons (Fsp3) is 0.312. The Hall–Kier alpha value is -2.83. The highest BCUT2D eigenvalue weighted by atomic mass is 16.5. The highest BCUT2D eigenvalue weighted by molar-refractivity contribution is 5.97. The molecule has 0 aliphatic rings. The number of aryl methyl sites for hydroxylation is 2. The first-order chi connectivity index (χ1) is 11.0. The second-order valence-corrected chi connectivity index (χ2v) is 4.98. The van der Waals surface area contributed by atoms with Gasteiger partial charge < -0.3 is 9.47 Å². The van der Waals surface area contributed by atoms with Crippen molar-refractivity contribution in [2.45, 2.75) is 13.8 Å². The number of carbonyl (C=O) groups is 1. The number of benzene rings is 1. The number of aromatic nitrogens is 2. The molecule has 2 rings (SSSR count). The van der Waals surface area contributed by atoms with Crippen LogP contribution in [0.15, 0.2) is 23.3 Å². The minimum atomic E-state index is -0.287. The van der Waals surface area contributed by atoms with E-state index in [1.165, 1.54) is 0 Å². The van der Waals surface area contributed by atoms with Gasteiger partial charge in [0.1, 0.15) is 0 Å². The van der Waals surface area contributed by atoms with Gasteiger partial charge in [-0.05, 0) is 37.6 Å². The monoisotopic (exact) mass is 316 g/mol. The maximum atomic E-state index is 12.2. The Morgan fingerprint density at radius 2 is 1.96 bits per heavy atom. The van der Waals surface area contributed by atoms with E-state index in [0.717, 1.165) is 11.3 Å². The predicted molar refractivity (Wildman–Crippen MR) is 87.3 cm³/mol. The summed E-state index contributed by atoms with van der Waals surface area (Å²) >= 11 is 0. The van der Waals surface area contributed by atoms with E-state index in [2.05, 4.69) is 15.6 Å². The van der Waals surface area contributed by atoms with Gasteiger partial charge in [0.2, 0.25) is 0 Å². The zero-order valence-electron chi connectivity index (χ0n) is 13.9. The van der Waals surface area contributed by atoms with Gasteiger partial charge in [-0.1, -0.05) is 0 Å². The number of carbonyl (C=O) groups excluding carboxylic acids is 1. The normalized spacial score (nSPS) is 10.8. The average molecular weight is 316 g/mol. The lowest BCUT2D eigenvalue weighted by Gasteiger charge is -2.07. The molecule has 7 nitrogen and oxygen atoms in total. The summed E-state index contributed by atoms with van der Waals surface area (Å²) < 4.78 is 12.1. The number of nitrogens with one attached hydrogen (secondary N) is 1. The number of methoxy groups -OCH3 is 2. The summed E-state index contributed by atoms with van der Waals surface area (Å²) in [6.45, 7) is 3.63. The highest BCUT2D eigenvalue weighted by Gasteiger charge is 2.16. The molecule has 0 atom stereocenters. The third kappa shape index (κ3) is 3.50. The highest BCUT2D eigenvalue weighted by Crippen LogP contribution is 2.26. The van der Waals surface area contributed by atoms with Gasteiger partial charge >= 0.3 is 0 Å². The standard InChI is InChI=1S/C16H20N4O3/c1-10-15(11(2)20(3)19-10)16(21)18-17-9-12-6-7-13(22-4)14(8-12)23-5/h6-9H,1-5H3,(H,18,21)/b17-9+. The van der Waals surface area contributed by atoms with E-state index in [9.17, 15) is 4.79 Å². The van der Waals surface area contributed by atoms with Crippen molar-refractivity contribution in [3.8, 4) is 11.5 Å². The fourth-order valence-corrected chi connectivity index (χ4v) is 2.26. The Kier molecular flexibility index (Phi) is 5.00. The number of hydrogen-bond acceptors (Lipinski definition) is 5. The number of hydrazone groups is 1. The van der Waals surface area contributed by atoms with Crippen LogP contribution in [-0.4, -0.2) is 36.1 Å². The van der Waals surface area contributed by atoms with Crippen LogP contribution in [0.2, 0.25) is 0 Å². The third-order valence-electron chi connectivity index (χ3n) is 3.52. The summed E-state index contributed by atoms with van der Waals surface area (Å²) in [6, 6.07) is 5.37. The van der Waals surface area contributed by atoms with Gasteiger partial charge in [0.05, 0.1) is 31.7 Å². The van der Waals surface area contributed by atoms with E-state index in [1.807, 2.05) is 13.0 Å². The first-order valence-electron chi connectivity index (χ1n) is 7.03. The van der Waals surface area contributed by atoms with Gasteiger partial charge in [0, 0.05) is 12.7 Å². The molecule has 0 aliphatic carbocycles. The number of amides is 1. The van der Waals surface area contributed by atoms with E-state index in [0.29, 0.717) is 22.8 Å². The van der Waals surface area contributed by atoms with E-state index in [4.69, 9.17) is 9.47 Å². The molecule has 1 amide bonds. The molecule has 2 aromatic rings. The summed E-state index contributed by atoms with van der Waals surface area (Å²) in [6.07, 6.45) is 1.54. The summed E-state index contributed by atoms with van der Waals surface area (Å²) in [7, 11) is 4.94. The van der Waals surface area contributed by atoms with Gasteiger partial charge in [-0.25, -0.2) is 5.43 Å². The van der Waals surface area contributed by atoms with Crippen molar-refractivity contribution in [2.75, 3.05) is 14.2 Å². The topological polar surface area (TPSA) is 77.7 Å². The van der Waals surface area contributed by atoms with Crippen LogP contribution in [0.1, 0.15) is 27.3 Å². The van der Waals surface area contributed by atoms with Crippen molar-refractivity contribution in [3.63, 3.8) is 0 Å². The van der Waals surface area contributed by atoms with Crippen LogP contribution >= 0.6 is 0 Å². The molecule has 1 aromatic heterocycles. The predicted octanol–water partition coefficient (Wildman–Crippen LogP) is 1.82. The van der Waals surface area contributed by atoms with Crippen LogP contribution in [-0.2, 0) is 7.05 Å². The molecule has 1 N–H and O–H groups in total. The van der Waals surface area contributed by atoms with E-state index in [-0.39, 0.29) is 5.91 Å². The maximum Gasteiger partial charge on any atom is 0.275 e. The molecule has 0 saturated heterocycles. The quantitative estimate of drug-likeness (QED) is 0.674. The number of nitrogens with zero attached hydrogens (tertiary/aromatic N) is 3. The molecule has 0 radical (unpaired) electrons. The second kappa shape index (κ2) is 6.95. The Morgan fingerprint density at radius 1 is 1.26 bits per heavy atom. The van der Waals surface area contributed by atoms with Gasteiger partial charge in [0.25, 0.3) is 5.91 Å². The molecule has 0 fully saturated rings. The van der Waals surface area contributed by atoms with Gasteiger partial charge in [-0.15, -0.1) is 0 Å². The molecule has 0 saturated carbocycles. The minimum Gasteiger partial charge on any atom is -0.493 e. The Balaban J connectivity index is 2.11. The molecule has 1 heterocycles. The second-order valence-electron chi connectivity index (χ2n) is 4.98. The van der Waals surface area contributed by atoms with Crippen LogP contribution in [0.5, 0.6) is 11.5 Å². The number of ether oxygens (including phenoxy) is 2. The molecule has 7 heteroatoms. The molecule has 23 heavy (non-hydrogen) atoms.